The molecule has 1 heterocycles. The number of hydrogen-bond donors (Lipinski definition) is 3. The standard InChI is InChI=1S/C14H25N3O3/c1-14(8-5-9-20-14)13(18)16-11(12(15)17-19)10-6-3-2-4-7-10/h10-11,19H,2-9H2,1H3,(H2,15,17)(H,16,18). The van der Waals surface area contributed by atoms with Gasteiger partial charge in [0.05, 0.1) is 6.04 Å². The first-order chi connectivity index (χ1) is 9.57. The monoisotopic (exact) mass is 283 g/mol. The number of hydrogen-bond acceptors (Lipinski definition) is 4. The number of ether oxygens (including phenoxy) is 1. The molecular weight excluding hydrogens is 258 g/mol. The Kier molecular flexibility index (Phi) is 4.86. The number of nitrogens with two attached hydrogens (primary N) is 1. The normalized spacial score (nSPS) is 30.1. The molecule has 2 fully saturated rings. The van der Waals surface area contributed by atoms with Crippen LogP contribution >= 0.6 is 0 Å². The zero-order chi connectivity index (χ0) is 14.6. The van der Waals surface area contributed by atoms with E-state index in [1.54, 1.807) is 6.92 Å². The van der Waals surface area contributed by atoms with E-state index in [0.717, 1.165) is 32.1 Å². The van der Waals surface area contributed by atoms with E-state index in [1.165, 1.54) is 6.42 Å². The van der Waals surface area contributed by atoms with Crippen molar-refractivity contribution in [2.24, 2.45) is 16.8 Å². The molecule has 0 radical (unpaired) electrons. The highest BCUT2D eigenvalue weighted by molar-refractivity contribution is 5.93. The van der Waals surface area contributed by atoms with Gasteiger partial charge in [0.25, 0.3) is 5.91 Å². The Morgan fingerprint density at radius 3 is 2.65 bits per heavy atom. The number of amidine groups is 1. The Hall–Kier alpha value is -1.30. The third-order valence-corrected chi connectivity index (χ3v) is 4.54. The molecule has 6 heteroatoms. The summed E-state index contributed by atoms with van der Waals surface area (Å²) < 4.78 is 5.55. The van der Waals surface area contributed by atoms with E-state index in [9.17, 15) is 4.79 Å². The Balaban J connectivity index is 2.05. The molecule has 1 aliphatic heterocycles. The molecule has 2 atom stereocenters. The summed E-state index contributed by atoms with van der Waals surface area (Å²) in [6, 6.07) is -0.395. The minimum atomic E-state index is -0.775. The Bertz CT molecular complexity index is 372. The maximum absolute atomic E-state index is 12.4. The lowest BCUT2D eigenvalue weighted by atomic mass is 9.83. The van der Waals surface area contributed by atoms with Crippen LogP contribution in [-0.2, 0) is 9.53 Å². The van der Waals surface area contributed by atoms with Crippen LogP contribution in [0, 0.1) is 5.92 Å². The van der Waals surface area contributed by atoms with E-state index in [1.807, 2.05) is 0 Å². The summed E-state index contributed by atoms with van der Waals surface area (Å²) in [6.07, 6.45) is 7.08. The first kappa shape index (κ1) is 15.1. The summed E-state index contributed by atoms with van der Waals surface area (Å²) in [6.45, 7) is 2.42. The molecule has 0 aromatic rings. The third-order valence-electron chi connectivity index (χ3n) is 4.54. The van der Waals surface area contributed by atoms with Crippen molar-refractivity contribution in [1.29, 1.82) is 0 Å². The molecule has 0 aromatic carbocycles. The lowest BCUT2D eigenvalue weighted by Gasteiger charge is -2.32. The molecule has 1 saturated carbocycles. The summed E-state index contributed by atoms with van der Waals surface area (Å²) in [5.74, 6) is 0.178. The van der Waals surface area contributed by atoms with Gasteiger partial charge in [0.2, 0.25) is 0 Å². The van der Waals surface area contributed by atoms with Gasteiger partial charge in [0.1, 0.15) is 5.60 Å². The van der Waals surface area contributed by atoms with Gasteiger partial charge in [-0.05, 0) is 38.5 Å². The predicted octanol–water partition coefficient (Wildman–Crippen LogP) is 1.37. The molecule has 0 spiro atoms. The van der Waals surface area contributed by atoms with Crippen molar-refractivity contribution >= 4 is 11.7 Å². The first-order valence-electron chi connectivity index (χ1n) is 7.49. The third kappa shape index (κ3) is 3.23. The van der Waals surface area contributed by atoms with Crippen molar-refractivity contribution in [1.82, 2.24) is 5.32 Å². The summed E-state index contributed by atoms with van der Waals surface area (Å²) in [7, 11) is 0. The molecule has 4 N–H and O–H groups in total. The second-order valence-electron chi connectivity index (χ2n) is 6.06. The van der Waals surface area contributed by atoms with Gasteiger partial charge in [-0.1, -0.05) is 24.4 Å². The zero-order valence-corrected chi connectivity index (χ0v) is 12.1. The van der Waals surface area contributed by atoms with Crippen molar-refractivity contribution in [2.75, 3.05) is 6.61 Å². The zero-order valence-electron chi connectivity index (χ0n) is 12.1. The summed E-state index contributed by atoms with van der Waals surface area (Å²) in [5.41, 5.74) is 5.01. The van der Waals surface area contributed by atoms with Gasteiger partial charge >= 0.3 is 0 Å². The van der Waals surface area contributed by atoms with Gasteiger partial charge in [-0.15, -0.1) is 0 Å². The maximum Gasteiger partial charge on any atom is 0.252 e. The van der Waals surface area contributed by atoms with Crippen molar-refractivity contribution in [3.8, 4) is 0 Å². The lowest BCUT2D eigenvalue weighted by molar-refractivity contribution is -0.140. The van der Waals surface area contributed by atoms with E-state index in [-0.39, 0.29) is 17.7 Å². The number of amides is 1. The minimum Gasteiger partial charge on any atom is -0.409 e. The van der Waals surface area contributed by atoms with Gasteiger partial charge in [-0.2, -0.15) is 0 Å². The molecule has 0 bridgehead atoms. The highest BCUT2D eigenvalue weighted by atomic mass is 16.5. The van der Waals surface area contributed by atoms with Crippen molar-refractivity contribution < 1.29 is 14.7 Å². The van der Waals surface area contributed by atoms with Crippen LogP contribution in [0.15, 0.2) is 5.16 Å². The fraction of sp³-hybridized carbons (Fsp3) is 0.857. The second kappa shape index (κ2) is 6.43. The van der Waals surface area contributed by atoms with Crippen LogP contribution in [0.1, 0.15) is 51.9 Å². The van der Waals surface area contributed by atoms with E-state index in [4.69, 9.17) is 15.7 Å². The first-order valence-corrected chi connectivity index (χ1v) is 7.49. The molecule has 1 aliphatic carbocycles. The maximum atomic E-state index is 12.4. The van der Waals surface area contributed by atoms with Crippen molar-refractivity contribution in [3.63, 3.8) is 0 Å². The summed E-state index contributed by atoms with van der Waals surface area (Å²) in [4.78, 5) is 12.4. The number of carbonyl (C=O) groups excluding carboxylic acids is 1. The van der Waals surface area contributed by atoms with Crippen LogP contribution in [0.4, 0.5) is 0 Å². The highest BCUT2D eigenvalue weighted by Gasteiger charge is 2.40. The van der Waals surface area contributed by atoms with E-state index in [0.29, 0.717) is 13.0 Å². The molecule has 20 heavy (non-hydrogen) atoms. The molecule has 6 nitrogen and oxygen atoms in total. The average molecular weight is 283 g/mol. The average Bonchev–Trinajstić information content (AvgIpc) is 2.93. The largest absolute Gasteiger partial charge is 0.409 e. The topological polar surface area (TPSA) is 96.9 Å². The smallest absolute Gasteiger partial charge is 0.252 e. The Morgan fingerprint density at radius 1 is 1.40 bits per heavy atom. The van der Waals surface area contributed by atoms with Crippen molar-refractivity contribution in [2.45, 2.75) is 63.5 Å². The van der Waals surface area contributed by atoms with Crippen LogP contribution in [0.3, 0.4) is 0 Å². The number of rotatable bonds is 4. The van der Waals surface area contributed by atoms with E-state index in [2.05, 4.69) is 10.5 Å². The van der Waals surface area contributed by atoms with Gasteiger partial charge in [-0.25, -0.2) is 0 Å². The minimum absolute atomic E-state index is 0.0897. The molecule has 2 rings (SSSR count). The molecule has 1 saturated heterocycles. The highest BCUT2D eigenvalue weighted by Crippen LogP contribution is 2.29. The number of carbonyl (C=O) groups is 1. The molecule has 2 aliphatic rings. The van der Waals surface area contributed by atoms with Crippen molar-refractivity contribution in [3.05, 3.63) is 0 Å². The van der Waals surface area contributed by atoms with Gasteiger partial charge in [0, 0.05) is 6.61 Å². The molecule has 114 valence electrons. The number of nitrogens with one attached hydrogen (secondary N) is 1. The van der Waals surface area contributed by atoms with Crippen LogP contribution < -0.4 is 11.1 Å². The van der Waals surface area contributed by atoms with E-state index < -0.39 is 11.6 Å². The molecule has 2 unspecified atom stereocenters. The van der Waals surface area contributed by atoms with E-state index >= 15 is 0 Å². The lowest BCUT2D eigenvalue weighted by Crippen LogP contribution is -2.55. The van der Waals surface area contributed by atoms with Crippen LogP contribution in [0.5, 0.6) is 0 Å². The SMILES string of the molecule is CC1(C(=O)NC(C(N)=NO)C2CCCCC2)CCCO1. The summed E-state index contributed by atoms with van der Waals surface area (Å²) >= 11 is 0. The van der Waals surface area contributed by atoms with Crippen LogP contribution in [-0.4, -0.2) is 35.2 Å². The molecule has 0 aromatic heterocycles. The Labute approximate surface area is 119 Å². The van der Waals surface area contributed by atoms with Crippen LogP contribution in [0.25, 0.3) is 0 Å². The van der Waals surface area contributed by atoms with Crippen LogP contribution in [0.2, 0.25) is 0 Å². The quantitative estimate of drug-likeness (QED) is 0.314. The summed E-state index contributed by atoms with van der Waals surface area (Å²) in [5, 5.41) is 15.0. The second-order valence-corrected chi connectivity index (χ2v) is 6.06. The fourth-order valence-corrected chi connectivity index (χ4v) is 3.22. The number of nitrogens with zero attached hydrogens (tertiary/aromatic N) is 1. The van der Waals surface area contributed by atoms with Gasteiger partial charge in [-0.3, -0.25) is 4.79 Å². The predicted molar refractivity (Wildman–Crippen MR) is 75.5 cm³/mol. The molecule has 1 amide bonds. The van der Waals surface area contributed by atoms with Gasteiger partial charge < -0.3 is 21.0 Å². The van der Waals surface area contributed by atoms with Gasteiger partial charge in [0.15, 0.2) is 5.84 Å². The Morgan fingerprint density at radius 2 is 2.10 bits per heavy atom. The molecular formula is C14H25N3O3. The number of oxime groups is 1. The fourth-order valence-electron chi connectivity index (χ4n) is 3.22.